The summed E-state index contributed by atoms with van der Waals surface area (Å²) in [5.74, 6) is -0.205. The molecule has 2 N–H and O–H groups in total. The van der Waals surface area contributed by atoms with E-state index < -0.39 is 5.38 Å². The summed E-state index contributed by atoms with van der Waals surface area (Å²) in [6.45, 7) is 0.933. The van der Waals surface area contributed by atoms with Gasteiger partial charge in [0.1, 0.15) is 5.38 Å². The van der Waals surface area contributed by atoms with Crippen LogP contribution in [0.4, 0.5) is 11.4 Å². The fraction of sp³-hybridized carbons (Fsp3) is 0.235. The Morgan fingerprint density at radius 2 is 1.95 bits per heavy atom. The second-order valence-corrected chi connectivity index (χ2v) is 5.57. The molecule has 21 heavy (non-hydrogen) atoms. The summed E-state index contributed by atoms with van der Waals surface area (Å²) in [5.41, 5.74) is 3.87. The first kappa shape index (κ1) is 14.0. The van der Waals surface area contributed by atoms with Crippen molar-refractivity contribution in [1.29, 1.82) is 0 Å². The molecule has 0 radical (unpaired) electrons. The first-order chi connectivity index (χ1) is 10.3. The highest BCUT2D eigenvalue weighted by molar-refractivity contribution is 6.32. The number of carbonyl (C=O) groups excluding carboxylic acids is 1. The van der Waals surface area contributed by atoms with Crippen molar-refractivity contribution >= 4 is 28.9 Å². The van der Waals surface area contributed by atoms with Gasteiger partial charge in [-0.1, -0.05) is 42.5 Å². The molecule has 1 amide bonds. The molecule has 1 aliphatic heterocycles. The quantitative estimate of drug-likeness (QED) is 0.842. The van der Waals surface area contributed by atoms with Crippen LogP contribution in [0.2, 0.25) is 0 Å². The average molecular weight is 301 g/mol. The normalized spacial score (nSPS) is 14.7. The summed E-state index contributed by atoms with van der Waals surface area (Å²) < 4.78 is 0. The Balaban J connectivity index is 1.79. The van der Waals surface area contributed by atoms with Gasteiger partial charge in [-0.05, 0) is 30.0 Å². The maximum absolute atomic E-state index is 12.3. The molecule has 0 bridgehead atoms. The van der Waals surface area contributed by atoms with Crippen molar-refractivity contribution < 1.29 is 4.79 Å². The maximum atomic E-state index is 12.3. The molecule has 0 fully saturated rings. The number of halogens is 1. The van der Waals surface area contributed by atoms with Crippen LogP contribution < -0.4 is 10.6 Å². The van der Waals surface area contributed by atoms with Gasteiger partial charge in [-0.3, -0.25) is 4.79 Å². The maximum Gasteiger partial charge on any atom is 0.247 e. The van der Waals surface area contributed by atoms with Gasteiger partial charge in [0.05, 0.1) is 11.4 Å². The number of alkyl halides is 1. The summed E-state index contributed by atoms with van der Waals surface area (Å²) >= 11 is 6.26. The third-order valence-electron chi connectivity index (χ3n) is 3.66. The Labute approximate surface area is 129 Å². The number of hydrogen-bond acceptors (Lipinski definition) is 2. The number of carbonyl (C=O) groups is 1. The predicted octanol–water partition coefficient (Wildman–Crippen LogP) is 3.96. The van der Waals surface area contributed by atoms with Gasteiger partial charge < -0.3 is 10.6 Å². The number of benzene rings is 2. The lowest BCUT2D eigenvalue weighted by Crippen LogP contribution is -2.20. The van der Waals surface area contributed by atoms with E-state index in [4.69, 9.17) is 11.6 Å². The summed E-state index contributed by atoms with van der Waals surface area (Å²) in [4.78, 5) is 12.3. The zero-order chi connectivity index (χ0) is 14.7. The van der Waals surface area contributed by atoms with Crippen LogP contribution in [0.1, 0.15) is 22.9 Å². The number of hydrogen-bond donors (Lipinski definition) is 2. The molecule has 1 heterocycles. The van der Waals surface area contributed by atoms with Crippen molar-refractivity contribution in [2.45, 2.75) is 18.2 Å². The van der Waals surface area contributed by atoms with E-state index in [1.807, 2.05) is 42.5 Å². The van der Waals surface area contributed by atoms with Gasteiger partial charge in [0.15, 0.2) is 0 Å². The Bertz CT molecular complexity index is 642. The summed E-state index contributed by atoms with van der Waals surface area (Å²) in [7, 11) is 0. The second-order valence-electron chi connectivity index (χ2n) is 5.13. The van der Waals surface area contributed by atoms with Crippen molar-refractivity contribution in [3.05, 3.63) is 59.7 Å². The van der Waals surface area contributed by atoms with Crippen LogP contribution in [0.5, 0.6) is 0 Å². The molecule has 0 saturated heterocycles. The topological polar surface area (TPSA) is 41.1 Å². The van der Waals surface area contributed by atoms with E-state index in [9.17, 15) is 4.79 Å². The van der Waals surface area contributed by atoms with Crippen LogP contribution in [0.25, 0.3) is 0 Å². The molecule has 3 nitrogen and oxygen atoms in total. The summed E-state index contributed by atoms with van der Waals surface area (Å²) in [6, 6.07) is 15.3. The van der Waals surface area contributed by atoms with Crippen LogP contribution >= 0.6 is 11.6 Å². The lowest BCUT2D eigenvalue weighted by Gasteiger charge is -2.22. The van der Waals surface area contributed by atoms with Crippen molar-refractivity contribution in [1.82, 2.24) is 0 Å². The van der Waals surface area contributed by atoms with Gasteiger partial charge in [0.25, 0.3) is 0 Å². The molecule has 1 unspecified atom stereocenters. The lowest BCUT2D eigenvalue weighted by molar-refractivity contribution is -0.116. The highest BCUT2D eigenvalue weighted by Gasteiger charge is 2.20. The SMILES string of the molecule is O=C(Nc1cccc2c1NCCC2)C(Cl)c1ccccc1. The first-order valence-corrected chi connectivity index (χ1v) is 7.55. The molecule has 2 aromatic carbocycles. The second kappa shape index (κ2) is 6.19. The highest BCUT2D eigenvalue weighted by Crippen LogP contribution is 2.31. The van der Waals surface area contributed by atoms with Crippen LogP contribution in [0, 0.1) is 0 Å². The van der Waals surface area contributed by atoms with Crippen LogP contribution in [-0.2, 0) is 11.2 Å². The Kier molecular flexibility index (Phi) is 4.11. The number of amides is 1. The molecule has 2 aromatic rings. The number of para-hydroxylation sites is 1. The largest absolute Gasteiger partial charge is 0.383 e. The predicted molar refractivity (Wildman–Crippen MR) is 86.9 cm³/mol. The third kappa shape index (κ3) is 3.03. The van der Waals surface area contributed by atoms with E-state index in [1.165, 1.54) is 5.56 Å². The fourth-order valence-electron chi connectivity index (χ4n) is 2.58. The van der Waals surface area contributed by atoms with E-state index in [-0.39, 0.29) is 5.91 Å². The van der Waals surface area contributed by atoms with Gasteiger partial charge in [-0.2, -0.15) is 0 Å². The monoisotopic (exact) mass is 300 g/mol. The van der Waals surface area contributed by atoms with Gasteiger partial charge in [-0.15, -0.1) is 11.6 Å². The van der Waals surface area contributed by atoms with Crippen LogP contribution in [-0.4, -0.2) is 12.5 Å². The summed E-state index contributed by atoms with van der Waals surface area (Å²) in [6.07, 6.45) is 2.15. The van der Waals surface area contributed by atoms with Gasteiger partial charge in [0.2, 0.25) is 5.91 Å². The molecule has 0 aliphatic carbocycles. The zero-order valence-corrected chi connectivity index (χ0v) is 12.4. The molecule has 3 rings (SSSR count). The Morgan fingerprint density at radius 1 is 1.14 bits per heavy atom. The van der Waals surface area contributed by atoms with E-state index in [0.717, 1.165) is 36.3 Å². The van der Waals surface area contributed by atoms with Crippen molar-refractivity contribution in [3.63, 3.8) is 0 Å². The standard InChI is InChI=1S/C17H17ClN2O/c18-15(12-6-2-1-3-7-12)17(21)20-14-10-4-8-13-9-5-11-19-16(13)14/h1-4,6-8,10,15,19H,5,9,11H2,(H,20,21). The average Bonchev–Trinajstić information content (AvgIpc) is 2.55. The lowest BCUT2D eigenvalue weighted by atomic mass is 10.0. The minimum atomic E-state index is -0.689. The molecule has 0 aromatic heterocycles. The molecule has 1 atom stereocenters. The Hall–Kier alpha value is -2.00. The van der Waals surface area contributed by atoms with E-state index in [0.29, 0.717) is 0 Å². The molecule has 4 heteroatoms. The van der Waals surface area contributed by atoms with Crippen molar-refractivity contribution in [2.75, 3.05) is 17.2 Å². The van der Waals surface area contributed by atoms with Crippen molar-refractivity contribution in [2.24, 2.45) is 0 Å². The summed E-state index contributed by atoms with van der Waals surface area (Å²) in [5, 5.41) is 5.60. The van der Waals surface area contributed by atoms with Crippen LogP contribution in [0.3, 0.4) is 0 Å². The molecule has 0 spiro atoms. The van der Waals surface area contributed by atoms with E-state index in [1.54, 1.807) is 0 Å². The number of aryl methyl sites for hydroxylation is 1. The van der Waals surface area contributed by atoms with Gasteiger partial charge in [-0.25, -0.2) is 0 Å². The minimum Gasteiger partial charge on any atom is -0.383 e. The number of fused-ring (bicyclic) bond motifs is 1. The number of anilines is 2. The van der Waals surface area contributed by atoms with E-state index >= 15 is 0 Å². The third-order valence-corrected chi connectivity index (χ3v) is 4.11. The van der Waals surface area contributed by atoms with Gasteiger partial charge >= 0.3 is 0 Å². The highest BCUT2D eigenvalue weighted by atomic mass is 35.5. The van der Waals surface area contributed by atoms with Gasteiger partial charge in [0, 0.05) is 6.54 Å². The number of rotatable bonds is 3. The fourth-order valence-corrected chi connectivity index (χ4v) is 2.78. The Morgan fingerprint density at radius 3 is 2.76 bits per heavy atom. The van der Waals surface area contributed by atoms with Crippen LogP contribution in [0.15, 0.2) is 48.5 Å². The minimum absolute atomic E-state index is 0.205. The van der Waals surface area contributed by atoms with Crippen molar-refractivity contribution in [3.8, 4) is 0 Å². The van der Waals surface area contributed by atoms with E-state index in [2.05, 4.69) is 16.7 Å². The molecular formula is C17H17ClN2O. The molecule has 0 saturated carbocycles. The number of nitrogens with one attached hydrogen (secondary N) is 2. The first-order valence-electron chi connectivity index (χ1n) is 7.11. The molecule has 1 aliphatic rings. The molecule has 108 valence electrons. The smallest absolute Gasteiger partial charge is 0.247 e. The molecular weight excluding hydrogens is 284 g/mol. The zero-order valence-electron chi connectivity index (χ0n) is 11.6.